The Labute approximate surface area is 153 Å². The van der Waals surface area contributed by atoms with Crippen LogP contribution in [-0.4, -0.2) is 39.5 Å². The second kappa shape index (κ2) is 9.01. The normalized spacial score (nSPS) is 11.5. The maximum absolute atomic E-state index is 12.3. The Morgan fingerprint density at radius 3 is 2.46 bits per heavy atom. The van der Waals surface area contributed by atoms with Gasteiger partial charge in [-0.15, -0.1) is 0 Å². The number of hydrogen-bond acceptors (Lipinski definition) is 4. The van der Waals surface area contributed by atoms with Crippen molar-refractivity contribution in [3.05, 3.63) is 53.6 Å². The molecule has 1 amide bonds. The van der Waals surface area contributed by atoms with E-state index in [-0.39, 0.29) is 18.2 Å². The van der Waals surface area contributed by atoms with Crippen molar-refractivity contribution in [2.75, 3.05) is 33.1 Å². The first kappa shape index (κ1) is 19.5. The average Bonchev–Trinajstić information content (AvgIpc) is 2.62. The van der Waals surface area contributed by atoms with Crippen LogP contribution in [0, 0.1) is 0 Å². The Balaban J connectivity index is 2.01. The Hall–Kier alpha value is -2.86. The quantitative estimate of drug-likeness (QED) is 0.704. The topological polar surface area (TPSA) is 69.1 Å². The number of para-hydroxylation sites is 1. The summed E-state index contributed by atoms with van der Waals surface area (Å²) in [5.74, 6) is 1.22. The molecule has 0 aliphatic heterocycles. The lowest BCUT2D eigenvalue weighted by Crippen LogP contribution is -3.08. The molecular weight excluding hydrogens is 332 g/mol. The highest BCUT2D eigenvalue weighted by molar-refractivity contribution is 6.03. The molecule has 0 aliphatic carbocycles. The summed E-state index contributed by atoms with van der Waals surface area (Å²) in [5.41, 5.74) is 2.04. The number of quaternary nitrogens is 1. The molecule has 2 N–H and O–H groups in total. The number of hydrogen-bond donors (Lipinski definition) is 2. The van der Waals surface area contributed by atoms with E-state index >= 15 is 0 Å². The number of ether oxygens (including phenoxy) is 2. The minimum atomic E-state index is -0.149. The third-order valence-electron chi connectivity index (χ3n) is 4.03. The summed E-state index contributed by atoms with van der Waals surface area (Å²) >= 11 is 0. The molecule has 1 atom stereocenters. The summed E-state index contributed by atoms with van der Waals surface area (Å²) in [6.07, 6.45) is 0. The highest BCUT2D eigenvalue weighted by Crippen LogP contribution is 2.23. The van der Waals surface area contributed by atoms with E-state index in [9.17, 15) is 9.59 Å². The van der Waals surface area contributed by atoms with Crippen molar-refractivity contribution in [2.45, 2.75) is 13.5 Å². The number of Topliss-reactive ketones (excluding diaryl/α,β-unsaturated/α-hetero) is 1. The standard InChI is InChI=1S/C20H24N2O4/c1-14(23)17-7-5-6-8-18(17)21-20(24)13-22(2)12-15-9-10-16(25-3)11-19(15)26-4/h5-11H,12-13H2,1-4H3,(H,21,24)/p+1. The number of ketones is 1. The summed E-state index contributed by atoms with van der Waals surface area (Å²) in [4.78, 5) is 25.0. The van der Waals surface area contributed by atoms with Gasteiger partial charge in [-0.1, -0.05) is 12.1 Å². The molecule has 0 saturated heterocycles. The van der Waals surface area contributed by atoms with Crippen LogP contribution in [0.3, 0.4) is 0 Å². The molecular formula is C20H25N2O4+. The van der Waals surface area contributed by atoms with Crippen molar-refractivity contribution >= 4 is 17.4 Å². The number of amides is 1. The molecule has 6 nitrogen and oxygen atoms in total. The molecule has 0 radical (unpaired) electrons. The fraction of sp³-hybridized carbons (Fsp3) is 0.300. The van der Waals surface area contributed by atoms with Crippen molar-refractivity contribution in [3.63, 3.8) is 0 Å². The Morgan fingerprint density at radius 1 is 1.08 bits per heavy atom. The minimum Gasteiger partial charge on any atom is -0.497 e. The fourth-order valence-electron chi connectivity index (χ4n) is 2.75. The summed E-state index contributed by atoms with van der Waals surface area (Å²) in [5, 5.41) is 2.82. The van der Waals surface area contributed by atoms with Gasteiger partial charge >= 0.3 is 0 Å². The van der Waals surface area contributed by atoms with Crippen LogP contribution in [0.1, 0.15) is 22.8 Å². The molecule has 0 bridgehead atoms. The van der Waals surface area contributed by atoms with Crippen LogP contribution < -0.4 is 19.7 Å². The van der Waals surface area contributed by atoms with E-state index in [1.165, 1.54) is 6.92 Å². The van der Waals surface area contributed by atoms with Gasteiger partial charge in [0.15, 0.2) is 12.3 Å². The Morgan fingerprint density at radius 2 is 1.81 bits per heavy atom. The molecule has 0 aliphatic rings. The zero-order chi connectivity index (χ0) is 19.1. The van der Waals surface area contributed by atoms with E-state index in [1.807, 2.05) is 25.2 Å². The summed E-state index contributed by atoms with van der Waals surface area (Å²) in [6, 6.07) is 12.6. The highest BCUT2D eigenvalue weighted by Gasteiger charge is 2.16. The first-order chi connectivity index (χ1) is 12.4. The smallest absolute Gasteiger partial charge is 0.279 e. The molecule has 6 heteroatoms. The number of carbonyl (C=O) groups excluding carboxylic acids is 2. The second-order valence-corrected chi connectivity index (χ2v) is 6.14. The SMILES string of the molecule is COc1ccc(C[NH+](C)CC(=O)Nc2ccccc2C(C)=O)c(OC)c1. The van der Waals surface area contributed by atoms with E-state index in [0.717, 1.165) is 22.0 Å². The van der Waals surface area contributed by atoms with Gasteiger partial charge in [0.2, 0.25) is 0 Å². The fourth-order valence-corrected chi connectivity index (χ4v) is 2.75. The van der Waals surface area contributed by atoms with Crippen molar-refractivity contribution in [1.29, 1.82) is 0 Å². The largest absolute Gasteiger partial charge is 0.497 e. The maximum Gasteiger partial charge on any atom is 0.279 e. The van der Waals surface area contributed by atoms with Gasteiger partial charge in [0.25, 0.3) is 5.91 Å². The van der Waals surface area contributed by atoms with Crippen LogP contribution in [0.25, 0.3) is 0 Å². The lowest BCUT2D eigenvalue weighted by Gasteiger charge is -2.17. The first-order valence-corrected chi connectivity index (χ1v) is 8.36. The minimum absolute atomic E-state index is 0.0791. The van der Waals surface area contributed by atoms with Crippen LogP contribution in [0.15, 0.2) is 42.5 Å². The van der Waals surface area contributed by atoms with Crippen LogP contribution in [0.2, 0.25) is 0 Å². The molecule has 0 aromatic heterocycles. The number of benzene rings is 2. The van der Waals surface area contributed by atoms with Gasteiger partial charge < -0.3 is 19.7 Å². The zero-order valence-corrected chi connectivity index (χ0v) is 15.6. The van der Waals surface area contributed by atoms with Gasteiger partial charge in [0, 0.05) is 17.2 Å². The molecule has 1 unspecified atom stereocenters. The predicted molar refractivity (Wildman–Crippen MR) is 100 cm³/mol. The molecule has 26 heavy (non-hydrogen) atoms. The van der Waals surface area contributed by atoms with Crippen LogP contribution >= 0.6 is 0 Å². The number of nitrogens with one attached hydrogen (secondary N) is 2. The molecule has 138 valence electrons. The van der Waals surface area contributed by atoms with Gasteiger partial charge in [-0.2, -0.15) is 0 Å². The van der Waals surface area contributed by atoms with Gasteiger partial charge in [0.1, 0.15) is 18.0 Å². The maximum atomic E-state index is 12.3. The molecule has 0 spiro atoms. The number of carbonyl (C=O) groups is 2. The number of likely N-dealkylation sites (N-methyl/N-ethyl adjacent to an activating group) is 1. The van der Waals surface area contributed by atoms with E-state index in [0.29, 0.717) is 17.8 Å². The molecule has 0 fully saturated rings. The van der Waals surface area contributed by atoms with Gasteiger partial charge in [-0.25, -0.2) is 0 Å². The van der Waals surface area contributed by atoms with E-state index in [1.54, 1.807) is 38.5 Å². The molecule has 0 saturated carbocycles. The lowest BCUT2D eigenvalue weighted by atomic mass is 10.1. The van der Waals surface area contributed by atoms with Crippen molar-refractivity contribution < 1.29 is 24.0 Å². The van der Waals surface area contributed by atoms with Crippen molar-refractivity contribution in [1.82, 2.24) is 0 Å². The first-order valence-electron chi connectivity index (χ1n) is 8.36. The van der Waals surface area contributed by atoms with E-state index in [2.05, 4.69) is 5.32 Å². The van der Waals surface area contributed by atoms with Gasteiger partial charge in [0.05, 0.1) is 27.0 Å². The van der Waals surface area contributed by atoms with Gasteiger partial charge in [-0.05, 0) is 31.2 Å². The molecule has 0 heterocycles. The third-order valence-corrected chi connectivity index (χ3v) is 4.03. The molecule has 2 aromatic carbocycles. The molecule has 2 aromatic rings. The van der Waals surface area contributed by atoms with Gasteiger partial charge in [-0.3, -0.25) is 9.59 Å². The summed E-state index contributed by atoms with van der Waals surface area (Å²) in [7, 11) is 5.15. The third kappa shape index (κ3) is 5.07. The van der Waals surface area contributed by atoms with Crippen molar-refractivity contribution in [2.24, 2.45) is 0 Å². The van der Waals surface area contributed by atoms with Crippen LogP contribution in [-0.2, 0) is 11.3 Å². The average molecular weight is 357 g/mol. The number of rotatable bonds is 8. The van der Waals surface area contributed by atoms with Crippen LogP contribution in [0.5, 0.6) is 11.5 Å². The number of anilines is 1. The Bertz CT molecular complexity index is 789. The van der Waals surface area contributed by atoms with Crippen LogP contribution in [0.4, 0.5) is 5.69 Å². The summed E-state index contributed by atoms with van der Waals surface area (Å²) < 4.78 is 10.6. The number of methoxy groups -OCH3 is 2. The van der Waals surface area contributed by atoms with E-state index in [4.69, 9.17) is 9.47 Å². The second-order valence-electron chi connectivity index (χ2n) is 6.14. The lowest BCUT2D eigenvalue weighted by molar-refractivity contribution is -0.885. The van der Waals surface area contributed by atoms with Crippen molar-refractivity contribution in [3.8, 4) is 11.5 Å². The molecule has 2 rings (SSSR count). The van der Waals surface area contributed by atoms with E-state index < -0.39 is 0 Å². The summed E-state index contributed by atoms with van der Waals surface area (Å²) in [6.45, 7) is 2.37. The zero-order valence-electron chi connectivity index (χ0n) is 15.6. The highest BCUT2D eigenvalue weighted by atomic mass is 16.5. The monoisotopic (exact) mass is 357 g/mol. The Kier molecular flexibility index (Phi) is 6.74. The predicted octanol–water partition coefficient (Wildman–Crippen LogP) is 1.56.